The van der Waals surface area contributed by atoms with Crippen molar-refractivity contribution in [2.24, 2.45) is 0 Å². The molecule has 5 nitrogen and oxygen atoms in total. The Bertz CT molecular complexity index is 669. The van der Waals surface area contributed by atoms with Gasteiger partial charge in [0.1, 0.15) is 11.4 Å². The van der Waals surface area contributed by atoms with E-state index in [-0.39, 0.29) is 5.91 Å². The van der Waals surface area contributed by atoms with Crippen LogP contribution in [0.25, 0.3) is 0 Å². The third kappa shape index (κ3) is 3.64. The molecule has 0 N–H and O–H groups in total. The molecule has 0 bridgehead atoms. The number of methoxy groups -OCH3 is 1. The standard InChI is InChI=1S/C17H21N3O2S/c1-13-18-16(12-23-13)17(21)20-9-3-8-19(10-11-20)14-4-6-15(22-2)7-5-14/h4-7,12H,3,8-11H2,1-2H3. The number of ether oxygens (including phenoxy) is 1. The van der Waals surface area contributed by atoms with Gasteiger partial charge in [-0.3, -0.25) is 4.79 Å². The van der Waals surface area contributed by atoms with Crippen LogP contribution in [0.1, 0.15) is 21.9 Å². The van der Waals surface area contributed by atoms with E-state index in [0.717, 1.165) is 43.4 Å². The average Bonchev–Trinajstić information content (AvgIpc) is 2.87. The summed E-state index contributed by atoms with van der Waals surface area (Å²) in [5.41, 5.74) is 1.75. The van der Waals surface area contributed by atoms with Crippen molar-refractivity contribution in [2.75, 3.05) is 38.2 Å². The minimum atomic E-state index is 0.0472. The summed E-state index contributed by atoms with van der Waals surface area (Å²) in [5, 5.41) is 2.78. The first-order valence-corrected chi connectivity index (χ1v) is 8.66. The fourth-order valence-electron chi connectivity index (χ4n) is 2.80. The molecular formula is C17H21N3O2S. The maximum absolute atomic E-state index is 12.5. The van der Waals surface area contributed by atoms with E-state index in [1.165, 1.54) is 17.0 Å². The number of thiazole rings is 1. The highest BCUT2D eigenvalue weighted by Crippen LogP contribution is 2.21. The number of aromatic nitrogens is 1. The van der Waals surface area contributed by atoms with Crippen LogP contribution in [0.5, 0.6) is 5.75 Å². The monoisotopic (exact) mass is 331 g/mol. The molecule has 2 aromatic rings. The lowest BCUT2D eigenvalue weighted by Gasteiger charge is -2.23. The molecule has 1 fully saturated rings. The number of nitrogens with zero attached hydrogens (tertiary/aromatic N) is 3. The molecule has 0 atom stereocenters. The highest BCUT2D eigenvalue weighted by Gasteiger charge is 2.22. The van der Waals surface area contributed by atoms with Gasteiger partial charge in [0.15, 0.2) is 0 Å². The van der Waals surface area contributed by atoms with E-state index >= 15 is 0 Å². The van der Waals surface area contributed by atoms with Gasteiger partial charge in [-0.05, 0) is 37.6 Å². The molecule has 1 saturated heterocycles. The van der Waals surface area contributed by atoms with Crippen molar-refractivity contribution < 1.29 is 9.53 Å². The summed E-state index contributed by atoms with van der Waals surface area (Å²) in [6.45, 7) is 5.21. The first kappa shape index (κ1) is 15.8. The van der Waals surface area contributed by atoms with Crippen LogP contribution in [0.4, 0.5) is 5.69 Å². The summed E-state index contributed by atoms with van der Waals surface area (Å²) in [5.74, 6) is 0.908. The SMILES string of the molecule is COc1ccc(N2CCCN(C(=O)c3csc(C)n3)CC2)cc1. The summed E-state index contributed by atoms with van der Waals surface area (Å²) in [6, 6.07) is 8.09. The number of hydrogen-bond donors (Lipinski definition) is 0. The second kappa shape index (κ2) is 7.00. The van der Waals surface area contributed by atoms with Crippen LogP contribution in [0.15, 0.2) is 29.6 Å². The number of hydrogen-bond acceptors (Lipinski definition) is 5. The lowest BCUT2D eigenvalue weighted by molar-refractivity contribution is 0.0762. The minimum absolute atomic E-state index is 0.0472. The quantitative estimate of drug-likeness (QED) is 0.868. The Hall–Kier alpha value is -2.08. The van der Waals surface area contributed by atoms with Crippen molar-refractivity contribution in [2.45, 2.75) is 13.3 Å². The molecule has 2 heterocycles. The third-order valence-corrected chi connectivity index (χ3v) is 4.83. The lowest BCUT2D eigenvalue weighted by atomic mass is 10.2. The molecule has 3 rings (SSSR count). The van der Waals surface area contributed by atoms with Crippen molar-refractivity contribution >= 4 is 22.9 Å². The molecule has 6 heteroatoms. The van der Waals surface area contributed by atoms with Crippen molar-refractivity contribution in [3.63, 3.8) is 0 Å². The van der Waals surface area contributed by atoms with E-state index in [9.17, 15) is 4.79 Å². The normalized spacial score (nSPS) is 15.4. The first-order chi connectivity index (χ1) is 11.2. The van der Waals surface area contributed by atoms with Gasteiger partial charge in [-0.1, -0.05) is 0 Å². The van der Waals surface area contributed by atoms with Gasteiger partial charge < -0.3 is 14.5 Å². The molecule has 1 aliphatic rings. The zero-order valence-electron chi connectivity index (χ0n) is 13.5. The maximum atomic E-state index is 12.5. The van der Waals surface area contributed by atoms with Crippen LogP contribution >= 0.6 is 11.3 Å². The van der Waals surface area contributed by atoms with Gasteiger partial charge in [0.25, 0.3) is 5.91 Å². The highest BCUT2D eigenvalue weighted by molar-refractivity contribution is 7.09. The number of amides is 1. The minimum Gasteiger partial charge on any atom is -0.497 e. The molecule has 122 valence electrons. The fourth-order valence-corrected chi connectivity index (χ4v) is 3.38. The van der Waals surface area contributed by atoms with Crippen molar-refractivity contribution in [1.29, 1.82) is 0 Å². The molecule has 0 radical (unpaired) electrons. The van der Waals surface area contributed by atoms with Crippen LogP contribution in [0, 0.1) is 6.92 Å². The van der Waals surface area contributed by atoms with Crippen LogP contribution in [-0.4, -0.2) is 49.1 Å². The summed E-state index contributed by atoms with van der Waals surface area (Å²) < 4.78 is 5.20. The molecule has 0 spiro atoms. The van der Waals surface area contributed by atoms with Gasteiger partial charge in [0.05, 0.1) is 12.1 Å². The van der Waals surface area contributed by atoms with Crippen LogP contribution < -0.4 is 9.64 Å². The van der Waals surface area contributed by atoms with Gasteiger partial charge in [0, 0.05) is 37.2 Å². The van der Waals surface area contributed by atoms with Gasteiger partial charge in [-0.25, -0.2) is 4.98 Å². The lowest BCUT2D eigenvalue weighted by Crippen LogP contribution is -2.35. The largest absolute Gasteiger partial charge is 0.497 e. The van der Waals surface area contributed by atoms with Crippen LogP contribution in [0.3, 0.4) is 0 Å². The molecule has 0 saturated carbocycles. The second-order valence-corrected chi connectivity index (χ2v) is 6.64. The van der Waals surface area contributed by atoms with E-state index < -0.39 is 0 Å². The van der Waals surface area contributed by atoms with Crippen LogP contribution in [0.2, 0.25) is 0 Å². The fraction of sp³-hybridized carbons (Fsp3) is 0.412. The Balaban J connectivity index is 1.65. The van der Waals surface area contributed by atoms with E-state index in [2.05, 4.69) is 22.0 Å². The number of carbonyl (C=O) groups excluding carboxylic acids is 1. The van der Waals surface area contributed by atoms with Gasteiger partial charge in [0.2, 0.25) is 0 Å². The predicted molar refractivity (Wildman–Crippen MR) is 92.6 cm³/mol. The number of rotatable bonds is 3. The molecular weight excluding hydrogens is 310 g/mol. The Morgan fingerprint density at radius 3 is 2.61 bits per heavy atom. The molecule has 1 aliphatic heterocycles. The smallest absolute Gasteiger partial charge is 0.273 e. The predicted octanol–water partition coefficient (Wildman–Crippen LogP) is 2.81. The molecule has 1 aromatic heterocycles. The van der Waals surface area contributed by atoms with Gasteiger partial charge >= 0.3 is 0 Å². The summed E-state index contributed by atoms with van der Waals surface area (Å²) in [6.07, 6.45) is 0.959. The summed E-state index contributed by atoms with van der Waals surface area (Å²) in [7, 11) is 1.67. The number of aryl methyl sites for hydroxylation is 1. The Kier molecular flexibility index (Phi) is 4.81. The Morgan fingerprint density at radius 2 is 1.96 bits per heavy atom. The zero-order chi connectivity index (χ0) is 16.2. The number of anilines is 1. The van der Waals surface area contributed by atoms with E-state index in [0.29, 0.717) is 5.69 Å². The zero-order valence-corrected chi connectivity index (χ0v) is 14.3. The maximum Gasteiger partial charge on any atom is 0.273 e. The summed E-state index contributed by atoms with van der Waals surface area (Å²) in [4.78, 5) is 21.1. The molecule has 1 amide bonds. The second-order valence-electron chi connectivity index (χ2n) is 5.58. The Labute approximate surface area is 140 Å². The van der Waals surface area contributed by atoms with Gasteiger partial charge in [-0.15, -0.1) is 11.3 Å². The van der Waals surface area contributed by atoms with Crippen molar-refractivity contribution in [1.82, 2.24) is 9.88 Å². The molecule has 0 aliphatic carbocycles. The Morgan fingerprint density at radius 1 is 1.17 bits per heavy atom. The number of carbonyl (C=O) groups is 1. The molecule has 1 aromatic carbocycles. The van der Waals surface area contributed by atoms with E-state index in [1.807, 2.05) is 29.3 Å². The highest BCUT2D eigenvalue weighted by atomic mass is 32.1. The van der Waals surface area contributed by atoms with Gasteiger partial charge in [-0.2, -0.15) is 0 Å². The third-order valence-electron chi connectivity index (χ3n) is 4.06. The molecule has 0 unspecified atom stereocenters. The molecule has 23 heavy (non-hydrogen) atoms. The van der Waals surface area contributed by atoms with E-state index in [4.69, 9.17) is 4.74 Å². The summed E-state index contributed by atoms with van der Waals surface area (Å²) >= 11 is 1.52. The van der Waals surface area contributed by atoms with Crippen LogP contribution in [-0.2, 0) is 0 Å². The number of benzene rings is 1. The van der Waals surface area contributed by atoms with E-state index in [1.54, 1.807) is 7.11 Å². The first-order valence-electron chi connectivity index (χ1n) is 7.78. The average molecular weight is 331 g/mol. The topological polar surface area (TPSA) is 45.7 Å². The van der Waals surface area contributed by atoms with Crippen molar-refractivity contribution in [3.05, 3.63) is 40.3 Å². The van der Waals surface area contributed by atoms with Crippen molar-refractivity contribution in [3.8, 4) is 5.75 Å².